The number of hydrogen-bond donors (Lipinski definition) is 2. The summed E-state index contributed by atoms with van der Waals surface area (Å²) in [7, 11) is 1.79. The summed E-state index contributed by atoms with van der Waals surface area (Å²) >= 11 is 0. The van der Waals surface area contributed by atoms with E-state index in [9.17, 15) is 0 Å². The lowest BCUT2D eigenvalue weighted by atomic mass is 10.2. The molecule has 1 aromatic heterocycles. The van der Waals surface area contributed by atoms with Crippen molar-refractivity contribution < 1.29 is 4.74 Å². The standard InChI is InChI=1S/C13H23N5O.HI/c1-14-13(16-11-12-5-2-10-19-12)15-6-3-8-18-9-4-7-17-18;/h4,7,9,12H,2-3,5-6,8,10-11H2,1H3,(H2,14,15,16);1H. The summed E-state index contributed by atoms with van der Waals surface area (Å²) in [6.07, 6.45) is 7.44. The van der Waals surface area contributed by atoms with E-state index >= 15 is 0 Å². The van der Waals surface area contributed by atoms with E-state index in [2.05, 4.69) is 20.7 Å². The average Bonchev–Trinajstić information content (AvgIpc) is 3.11. The fraction of sp³-hybridized carbons (Fsp3) is 0.692. The number of halogens is 1. The number of ether oxygens (including phenoxy) is 1. The molecule has 1 atom stereocenters. The fourth-order valence-corrected chi connectivity index (χ4v) is 2.12. The normalized spacial score (nSPS) is 18.6. The SMILES string of the molecule is CN=C(NCCCn1cccn1)NCC1CCCO1.I. The molecular weight excluding hydrogens is 369 g/mol. The fourth-order valence-electron chi connectivity index (χ4n) is 2.12. The van der Waals surface area contributed by atoms with Gasteiger partial charge < -0.3 is 15.4 Å². The van der Waals surface area contributed by atoms with Crippen LogP contribution in [-0.2, 0) is 11.3 Å². The molecule has 1 aliphatic rings. The summed E-state index contributed by atoms with van der Waals surface area (Å²) < 4.78 is 7.50. The maximum atomic E-state index is 5.57. The number of nitrogens with one attached hydrogen (secondary N) is 2. The van der Waals surface area contributed by atoms with Crippen molar-refractivity contribution in [2.75, 3.05) is 26.7 Å². The van der Waals surface area contributed by atoms with E-state index in [0.717, 1.165) is 45.0 Å². The molecular formula is C13H24IN5O. The van der Waals surface area contributed by atoms with Crippen molar-refractivity contribution in [3.05, 3.63) is 18.5 Å². The molecule has 20 heavy (non-hydrogen) atoms. The van der Waals surface area contributed by atoms with Gasteiger partial charge in [0.05, 0.1) is 6.10 Å². The van der Waals surface area contributed by atoms with E-state index < -0.39 is 0 Å². The van der Waals surface area contributed by atoms with Crippen LogP contribution >= 0.6 is 24.0 Å². The van der Waals surface area contributed by atoms with Gasteiger partial charge in [-0.3, -0.25) is 9.67 Å². The molecule has 0 bridgehead atoms. The molecule has 1 aromatic rings. The van der Waals surface area contributed by atoms with E-state index in [1.54, 1.807) is 13.2 Å². The Labute approximate surface area is 137 Å². The predicted molar refractivity (Wildman–Crippen MR) is 90.6 cm³/mol. The van der Waals surface area contributed by atoms with Gasteiger partial charge in [0.2, 0.25) is 0 Å². The van der Waals surface area contributed by atoms with Crippen molar-refractivity contribution in [3.63, 3.8) is 0 Å². The van der Waals surface area contributed by atoms with Gasteiger partial charge in [0.25, 0.3) is 0 Å². The second-order valence-electron chi connectivity index (χ2n) is 4.64. The highest BCUT2D eigenvalue weighted by atomic mass is 127. The van der Waals surface area contributed by atoms with Crippen molar-refractivity contribution in [2.24, 2.45) is 4.99 Å². The minimum Gasteiger partial charge on any atom is -0.376 e. The minimum absolute atomic E-state index is 0. The van der Waals surface area contributed by atoms with Crippen LogP contribution in [0.4, 0.5) is 0 Å². The summed E-state index contributed by atoms with van der Waals surface area (Å²) in [5, 5.41) is 10.8. The van der Waals surface area contributed by atoms with Crippen molar-refractivity contribution in [2.45, 2.75) is 31.9 Å². The molecule has 0 aliphatic carbocycles. The molecule has 0 radical (unpaired) electrons. The van der Waals surface area contributed by atoms with Gasteiger partial charge in [-0.05, 0) is 25.3 Å². The molecule has 2 heterocycles. The molecule has 0 spiro atoms. The van der Waals surface area contributed by atoms with Crippen LogP contribution in [0.25, 0.3) is 0 Å². The Morgan fingerprint density at radius 1 is 1.50 bits per heavy atom. The number of rotatable bonds is 6. The van der Waals surface area contributed by atoms with Gasteiger partial charge >= 0.3 is 0 Å². The number of aromatic nitrogens is 2. The lowest BCUT2D eigenvalue weighted by molar-refractivity contribution is 0.114. The zero-order valence-corrected chi connectivity index (χ0v) is 14.2. The Balaban J connectivity index is 0.00000200. The summed E-state index contributed by atoms with van der Waals surface area (Å²) in [5.41, 5.74) is 0. The molecule has 2 rings (SSSR count). The zero-order chi connectivity index (χ0) is 13.3. The zero-order valence-electron chi connectivity index (χ0n) is 11.9. The van der Waals surface area contributed by atoms with E-state index in [1.165, 1.54) is 6.42 Å². The van der Waals surface area contributed by atoms with Crippen LogP contribution in [0, 0.1) is 0 Å². The summed E-state index contributed by atoms with van der Waals surface area (Å²) in [4.78, 5) is 4.20. The molecule has 0 saturated carbocycles. The average molecular weight is 393 g/mol. The van der Waals surface area contributed by atoms with Crippen LogP contribution in [0.5, 0.6) is 0 Å². The van der Waals surface area contributed by atoms with Crippen molar-refractivity contribution in [1.29, 1.82) is 0 Å². The summed E-state index contributed by atoms with van der Waals surface area (Å²) in [6, 6.07) is 1.94. The highest BCUT2D eigenvalue weighted by molar-refractivity contribution is 14.0. The molecule has 1 aliphatic heterocycles. The first-order valence-electron chi connectivity index (χ1n) is 6.92. The smallest absolute Gasteiger partial charge is 0.191 e. The topological polar surface area (TPSA) is 63.5 Å². The molecule has 1 fully saturated rings. The van der Waals surface area contributed by atoms with Crippen molar-refractivity contribution >= 4 is 29.9 Å². The molecule has 1 unspecified atom stereocenters. The van der Waals surface area contributed by atoms with E-state index in [0.29, 0.717) is 6.10 Å². The second-order valence-corrected chi connectivity index (χ2v) is 4.64. The highest BCUT2D eigenvalue weighted by Crippen LogP contribution is 2.10. The molecule has 7 heteroatoms. The molecule has 0 aromatic carbocycles. The van der Waals surface area contributed by atoms with E-state index in [-0.39, 0.29) is 24.0 Å². The number of nitrogens with zero attached hydrogens (tertiary/aromatic N) is 3. The van der Waals surface area contributed by atoms with Gasteiger partial charge in [-0.2, -0.15) is 5.10 Å². The van der Waals surface area contributed by atoms with Crippen LogP contribution in [0.3, 0.4) is 0 Å². The summed E-state index contributed by atoms with van der Waals surface area (Å²) in [5.74, 6) is 0.843. The first-order chi connectivity index (χ1) is 9.38. The van der Waals surface area contributed by atoms with Gasteiger partial charge in [-0.25, -0.2) is 0 Å². The van der Waals surface area contributed by atoms with Crippen molar-refractivity contribution in [1.82, 2.24) is 20.4 Å². The lowest BCUT2D eigenvalue weighted by Gasteiger charge is -2.14. The van der Waals surface area contributed by atoms with Crippen molar-refractivity contribution in [3.8, 4) is 0 Å². The van der Waals surface area contributed by atoms with Crippen LogP contribution in [0.2, 0.25) is 0 Å². The van der Waals surface area contributed by atoms with Gasteiger partial charge in [0.15, 0.2) is 5.96 Å². The second kappa shape index (κ2) is 9.98. The largest absolute Gasteiger partial charge is 0.376 e. The van der Waals surface area contributed by atoms with Crippen LogP contribution in [0.15, 0.2) is 23.5 Å². The first kappa shape index (κ1) is 17.2. The van der Waals surface area contributed by atoms with Crippen LogP contribution in [-0.4, -0.2) is 48.6 Å². The van der Waals surface area contributed by atoms with E-state index in [1.807, 2.05) is 16.9 Å². The minimum atomic E-state index is 0. The van der Waals surface area contributed by atoms with Crippen LogP contribution in [0.1, 0.15) is 19.3 Å². The number of aryl methyl sites for hydroxylation is 1. The molecule has 6 nitrogen and oxygen atoms in total. The third-order valence-corrected chi connectivity index (χ3v) is 3.16. The summed E-state index contributed by atoms with van der Waals surface area (Å²) in [6.45, 7) is 3.52. The number of hydrogen-bond acceptors (Lipinski definition) is 3. The quantitative estimate of drug-likeness (QED) is 0.331. The Morgan fingerprint density at radius 3 is 3.05 bits per heavy atom. The van der Waals surface area contributed by atoms with Gasteiger partial charge in [0.1, 0.15) is 0 Å². The Kier molecular flexibility index (Phi) is 8.59. The monoisotopic (exact) mass is 393 g/mol. The maximum Gasteiger partial charge on any atom is 0.191 e. The first-order valence-corrected chi connectivity index (χ1v) is 6.92. The molecule has 1 saturated heterocycles. The third kappa shape index (κ3) is 6.08. The van der Waals surface area contributed by atoms with Gasteiger partial charge in [-0.15, -0.1) is 24.0 Å². The predicted octanol–water partition coefficient (Wildman–Crippen LogP) is 1.24. The lowest BCUT2D eigenvalue weighted by Crippen LogP contribution is -2.41. The number of guanidine groups is 1. The third-order valence-electron chi connectivity index (χ3n) is 3.16. The molecule has 0 amide bonds. The van der Waals surface area contributed by atoms with E-state index in [4.69, 9.17) is 4.74 Å². The van der Waals surface area contributed by atoms with Gasteiger partial charge in [0, 0.05) is 45.7 Å². The highest BCUT2D eigenvalue weighted by Gasteiger charge is 2.15. The molecule has 2 N–H and O–H groups in total. The molecule has 114 valence electrons. The Morgan fingerprint density at radius 2 is 2.40 bits per heavy atom. The number of aliphatic imine (C=N–C) groups is 1. The maximum absolute atomic E-state index is 5.57. The Bertz CT molecular complexity index is 376. The Hall–Kier alpha value is -0.830. The van der Waals surface area contributed by atoms with Gasteiger partial charge in [-0.1, -0.05) is 0 Å². The van der Waals surface area contributed by atoms with Crippen LogP contribution < -0.4 is 10.6 Å².